The number of para-hydroxylation sites is 1. The lowest BCUT2D eigenvalue weighted by atomic mass is 10.1. The maximum Gasteiger partial charge on any atom is 0.250 e. The summed E-state index contributed by atoms with van der Waals surface area (Å²) in [5.41, 5.74) is 2.39. The second-order valence-corrected chi connectivity index (χ2v) is 8.41. The molecule has 0 fully saturated rings. The van der Waals surface area contributed by atoms with Crippen LogP contribution in [-0.2, 0) is 21.2 Å². The maximum atomic E-state index is 13.3. The summed E-state index contributed by atoms with van der Waals surface area (Å²) in [5, 5.41) is 0. The highest BCUT2D eigenvalue weighted by atomic mass is 32.2. The Morgan fingerprint density at radius 3 is 2.63 bits per heavy atom. The van der Waals surface area contributed by atoms with E-state index in [1.807, 2.05) is 31.2 Å². The Morgan fingerprint density at radius 2 is 1.96 bits per heavy atom. The number of hydrogen-bond donors (Lipinski definition) is 0. The summed E-state index contributed by atoms with van der Waals surface area (Å²) in [6.45, 7) is 2.38. The van der Waals surface area contributed by atoms with E-state index in [4.69, 9.17) is 4.74 Å². The Labute approximate surface area is 160 Å². The number of sulfonamides is 1. The van der Waals surface area contributed by atoms with Crippen LogP contribution in [-0.4, -0.2) is 40.3 Å². The number of anilines is 2. The van der Waals surface area contributed by atoms with Crippen molar-refractivity contribution in [3.05, 3.63) is 54.1 Å². The van der Waals surface area contributed by atoms with E-state index in [0.29, 0.717) is 24.4 Å². The van der Waals surface area contributed by atoms with Crippen LogP contribution in [0.3, 0.4) is 0 Å². The van der Waals surface area contributed by atoms with Crippen LogP contribution in [0.5, 0.6) is 5.75 Å². The summed E-state index contributed by atoms with van der Waals surface area (Å²) in [4.78, 5) is 15.0. The number of hydrogen-bond acceptors (Lipinski definition) is 4. The van der Waals surface area contributed by atoms with E-state index in [1.54, 1.807) is 29.2 Å². The predicted molar refractivity (Wildman–Crippen MR) is 107 cm³/mol. The smallest absolute Gasteiger partial charge is 0.250 e. The lowest BCUT2D eigenvalue weighted by Gasteiger charge is -2.33. The monoisotopic (exact) mass is 388 g/mol. The molecule has 27 heavy (non-hydrogen) atoms. The predicted octanol–water partition coefficient (Wildman–Crippen LogP) is 2.83. The van der Waals surface area contributed by atoms with Gasteiger partial charge >= 0.3 is 0 Å². The minimum absolute atomic E-state index is 0.212. The van der Waals surface area contributed by atoms with Gasteiger partial charge in [0.05, 0.1) is 19.1 Å². The van der Waals surface area contributed by atoms with Crippen molar-refractivity contribution in [2.24, 2.45) is 0 Å². The van der Waals surface area contributed by atoms with Crippen molar-refractivity contribution in [1.29, 1.82) is 0 Å². The van der Waals surface area contributed by atoms with Crippen LogP contribution in [0, 0.1) is 0 Å². The lowest BCUT2D eigenvalue weighted by molar-refractivity contribution is -0.119. The van der Waals surface area contributed by atoms with Crippen LogP contribution in [0.2, 0.25) is 0 Å². The van der Waals surface area contributed by atoms with Gasteiger partial charge in [-0.05, 0) is 36.6 Å². The minimum Gasteiger partial charge on any atom is -0.497 e. The van der Waals surface area contributed by atoms with Crippen LogP contribution >= 0.6 is 0 Å². The molecule has 2 aromatic rings. The largest absolute Gasteiger partial charge is 0.497 e. The van der Waals surface area contributed by atoms with Crippen molar-refractivity contribution >= 4 is 27.3 Å². The molecule has 1 aliphatic heterocycles. The van der Waals surface area contributed by atoms with E-state index in [9.17, 15) is 13.2 Å². The molecule has 3 rings (SSSR count). The van der Waals surface area contributed by atoms with E-state index < -0.39 is 16.1 Å². The molecule has 0 bridgehead atoms. The number of benzene rings is 2. The number of ether oxygens (including phenoxy) is 1. The summed E-state index contributed by atoms with van der Waals surface area (Å²) in [5.74, 6) is 0.325. The topological polar surface area (TPSA) is 66.9 Å². The van der Waals surface area contributed by atoms with Crippen LogP contribution in [0.4, 0.5) is 11.4 Å². The standard InChI is InChI=1S/C20H24N2O4S/c1-4-18(20(23)21-13-12-15-8-5-6-11-19(15)21)22(27(3,24)25)16-9-7-10-17(14-16)26-2/h5-11,14,18H,4,12-13H2,1-3H3/t18-/m0/s1. The maximum absolute atomic E-state index is 13.3. The van der Waals surface area contributed by atoms with E-state index >= 15 is 0 Å². The number of amides is 1. The molecule has 1 atom stereocenters. The zero-order chi connectivity index (χ0) is 19.6. The molecule has 2 aromatic carbocycles. The Morgan fingerprint density at radius 1 is 1.22 bits per heavy atom. The molecule has 0 spiro atoms. The molecule has 0 unspecified atom stereocenters. The van der Waals surface area contributed by atoms with E-state index in [0.717, 1.165) is 23.9 Å². The third kappa shape index (κ3) is 3.78. The molecule has 1 aliphatic rings. The normalized spacial score (nSPS) is 14.6. The van der Waals surface area contributed by atoms with Gasteiger partial charge in [-0.3, -0.25) is 9.10 Å². The quantitative estimate of drug-likeness (QED) is 0.763. The molecule has 144 valence electrons. The number of carbonyl (C=O) groups is 1. The first-order valence-corrected chi connectivity index (χ1v) is 10.7. The van der Waals surface area contributed by atoms with Crippen molar-refractivity contribution < 1.29 is 17.9 Å². The Balaban J connectivity index is 2.01. The highest BCUT2D eigenvalue weighted by Gasteiger charge is 2.36. The van der Waals surface area contributed by atoms with E-state index in [-0.39, 0.29) is 5.91 Å². The zero-order valence-electron chi connectivity index (χ0n) is 15.8. The lowest BCUT2D eigenvalue weighted by Crippen LogP contribution is -2.50. The summed E-state index contributed by atoms with van der Waals surface area (Å²) in [7, 11) is -2.15. The number of methoxy groups -OCH3 is 1. The second kappa shape index (κ2) is 7.60. The molecule has 1 amide bonds. The van der Waals surface area contributed by atoms with Crippen molar-refractivity contribution in [2.45, 2.75) is 25.8 Å². The van der Waals surface area contributed by atoms with Gasteiger partial charge in [0.1, 0.15) is 11.8 Å². The minimum atomic E-state index is -3.68. The third-order valence-corrected chi connectivity index (χ3v) is 5.95. The summed E-state index contributed by atoms with van der Waals surface area (Å²) in [6, 6.07) is 13.7. The van der Waals surface area contributed by atoms with Crippen LogP contribution in [0.25, 0.3) is 0 Å². The van der Waals surface area contributed by atoms with Gasteiger partial charge in [-0.1, -0.05) is 31.2 Å². The van der Waals surface area contributed by atoms with Crippen LogP contribution in [0.15, 0.2) is 48.5 Å². The average molecular weight is 388 g/mol. The van der Waals surface area contributed by atoms with Gasteiger partial charge < -0.3 is 9.64 Å². The van der Waals surface area contributed by atoms with E-state index in [2.05, 4.69) is 0 Å². The SMILES string of the molecule is CC[C@@H](C(=O)N1CCc2ccccc21)N(c1cccc(OC)c1)S(C)(=O)=O. The fraction of sp³-hybridized carbons (Fsp3) is 0.350. The molecule has 0 aromatic heterocycles. The number of carbonyl (C=O) groups excluding carboxylic acids is 1. The number of fused-ring (bicyclic) bond motifs is 1. The van der Waals surface area contributed by atoms with Crippen LogP contribution < -0.4 is 13.9 Å². The molecule has 0 N–H and O–H groups in total. The van der Waals surface area contributed by atoms with Crippen molar-refractivity contribution in [2.75, 3.05) is 29.1 Å². The first kappa shape index (κ1) is 19.2. The molecule has 1 heterocycles. The average Bonchev–Trinajstić information content (AvgIpc) is 3.08. The summed E-state index contributed by atoms with van der Waals surface area (Å²) >= 11 is 0. The summed E-state index contributed by atoms with van der Waals surface area (Å²) < 4.78 is 31.7. The number of nitrogens with zero attached hydrogens (tertiary/aromatic N) is 2. The van der Waals surface area contributed by atoms with Gasteiger partial charge in [0.2, 0.25) is 10.0 Å². The third-order valence-electron chi connectivity index (χ3n) is 4.77. The highest BCUT2D eigenvalue weighted by molar-refractivity contribution is 7.92. The Bertz CT molecular complexity index is 943. The van der Waals surface area contributed by atoms with Gasteiger partial charge in [0.15, 0.2) is 0 Å². The van der Waals surface area contributed by atoms with Gasteiger partial charge in [0, 0.05) is 18.3 Å². The van der Waals surface area contributed by atoms with Gasteiger partial charge in [-0.25, -0.2) is 8.42 Å². The first-order valence-electron chi connectivity index (χ1n) is 8.89. The highest BCUT2D eigenvalue weighted by Crippen LogP contribution is 2.31. The Kier molecular flexibility index (Phi) is 5.41. The van der Waals surface area contributed by atoms with Crippen molar-refractivity contribution in [3.63, 3.8) is 0 Å². The van der Waals surface area contributed by atoms with E-state index in [1.165, 1.54) is 11.4 Å². The molecule has 0 saturated carbocycles. The van der Waals surface area contributed by atoms with Gasteiger partial charge in [-0.2, -0.15) is 0 Å². The first-order chi connectivity index (χ1) is 12.9. The van der Waals surface area contributed by atoms with Crippen molar-refractivity contribution in [1.82, 2.24) is 0 Å². The molecule has 0 radical (unpaired) electrons. The van der Waals surface area contributed by atoms with Crippen LogP contribution in [0.1, 0.15) is 18.9 Å². The molecule has 0 saturated heterocycles. The van der Waals surface area contributed by atoms with Gasteiger partial charge in [-0.15, -0.1) is 0 Å². The molecular weight excluding hydrogens is 364 g/mol. The van der Waals surface area contributed by atoms with Gasteiger partial charge in [0.25, 0.3) is 5.91 Å². The summed E-state index contributed by atoms with van der Waals surface area (Å²) in [6.07, 6.45) is 2.26. The second-order valence-electron chi connectivity index (χ2n) is 6.55. The molecule has 6 nitrogen and oxygen atoms in total. The fourth-order valence-electron chi connectivity index (χ4n) is 3.54. The molecule has 7 heteroatoms. The number of rotatable bonds is 6. The molecular formula is C20H24N2O4S. The zero-order valence-corrected chi connectivity index (χ0v) is 16.6. The molecule has 0 aliphatic carbocycles. The van der Waals surface area contributed by atoms with Crippen molar-refractivity contribution in [3.8, 4) is 5.75 Å². The fourth-order valence-corrected chi connectivity index (χ4v) is 4.74. The Hall–Kier alpha value is -2.54.